The average Bonchev–Trinajstić information content (AvgIpc) is 3.37. The van der Waals surface area contributed by atoms with Gasteiger partial charge in [-0.05, 0) is 49.7 Å². The molecule has 0 radical (unpaired) electrons. The SMILES string of the molecule is O=c1c2c3c(sc2nc(SCc2ccccc2)n1C[C@@H]1CCCO1)CCCC3. The quantitative estimate of drug-likeness (QED) is 0.446. The van der Waals surface area contributed by atoms with Crippen molar-refractivity contribution in [2.24, 2.45) is 0 Å². The molecule has 28 heavy (non-hydrogen) atoms. The molecule has 1 fully saturated rings. The van der Waals surface area contributed by atoms with Gasteiger partial charge in [-0.2, -0.15) is 0 Å². The van der Waals surface area contributed by atoms with Crippen molar-refractivity contribution in [3.8, 4) is 0 Å². The fraction of sp³-hybridized carbons (Fsp3) is 0.455. The van der Waals surface area contributed by atoms with Crippen molar-refractivity contribution in [2.75, 3.05) is 6.61 Å². The molecule has 4 nitrogen and oxygen atoms in total. The number of thiophene rings is 1. The van der Waals surface area contributed by atoms with Gasteiger partial charge in [-0.25, -0.2) is 4.98 Å². The number of aromatic nitrogens is 2. The van der Waals surface area contributed by atoms with E-state index < -0.39 is 0 Å². The number of rotatable bonds is 5. The molecule has 1 aliphatic heterocycles. The molecule has 0 bridgehead atoms. The second-order valence-electron chi connectivity index (χ2n) is 7.61. The maximum absolute atomic E-state index is 13.5. The average molecular weight is 413 g/mol. The fourth-order valence-corrected chi connectivity index (χ4v) is 6.47. The van der Waals surface area contributed by atoms with Gasteiger partial charge in [-0.3, -0.25) is 9.36 Å². The van der Waals surface area contributed by atoms with E-state index in [0.717, 1.165) is 53.4 Å². The molecule has 146 valence electrons. The van der Waals surface area contributed by atoms with E-state index in [1.807, 2.05) is 10.6 Å². The lowest BCUT2D eigenvalue weighted by Crippen LogP contribution is -2.29. The number of ether oxygens (including phenoxy) is 1. The third-order valence-corrected chi connectivity index (χ3v) is 7.89. The van der Waals surface area contributed by atoms with Crippen LogP contribution in [0.25, 0.3) is 10.2 Å². The molecule has 0 amide bonds. The monoisotopic (exact) mass is 412 g/mol. The van der Waals surface area contributed by atoms with Crippen LogP contribution in [0.15, 0.2) is 40.3 Å². The highest BCUT2D eigenvalue weighted by Gasteiger charge is 2.24. The Kier molecular flexibility index (Phi) is 5.26. The van der Waals surface area contributed by atoms with Crippen molar-refractivity contribution in [3.63, 3.8) is 0 Å². The van der Waals surface area contributed by atoms with Crippen molar-refractivity contribution in [1.29, 1.82) is 0 Å². The maximum Gasteiger partial charge on any atom is 0.263 e. The van der Waals surface area contributed by atoms with Crippen LogP contribution in [-0.4, -0.2) is 22.3 Å². The predicted octanol–water partition coefficient (Wildman–Crippen LogP) is 4.81. The van der Waals surface area contributed by atoms with E-state index in [9.17, 15) is 4.79 Å². The summed E-state index contributed by atoms with van der Waals surface area (Å²) >= 11 is 3.39. The van der Waals surface area contributed by atoms with Crippen LogP contribution in [0.1, 0.15) is 41.7 Å². The standard InChI is InChI=1S/C22H24N2O2S2/c25-21-19-17-10-4-5-11-18(17)28-20(19)23-22(24(21)13-16-9-6-12-26-16)27-14-15-7-2-1-3-8-15/h1-3,7-8,16H,4-6,9-14H2/t16-/m0/s1. The number of nitrogens with zero attached hydrogens (tertiary/aromatic N) is 2. The van der Waals surface area contributed by atoms with E-state index in [-0.39, 0.29) is 11.7 Å². The van der Waals surface area contributed by atoms with Gasteiger partial charge >= 0.3 is 0 Å². The minimum absolute atomic E-state index is 0.127. The van der Waals surface area contributed by atoms with E-state index in [2.05, 4.69) is 24.3 Å². The molecule has 1 aromatic carbocycles. The first-order valence-electron chi connectivity index (χ1n) is 10.1. The van der Waals surface area contributed by atoms with Crippen LogP contribution in [0.5, 0.6) is 0 Å². The topological polar surface area (TPSA) is 44.1 Å². The Morgan fingerprint density at radius 3 is 2.86 bits per heavy atom. The normalized spacial score (nSPS) is 19.2. The predicted molar refractivity (Wildman–Crippen MR) is 115 cm³/mol. The number of fused-ring (bicyclic) bond motifs is 3. The smallest absolute Gasteiger partial charge is 0.263 e. The van der Waals surface area contributed by atoms with E-state index in [1.165, 1.54) is 28.8 Å². The minimum Gasteiger partial charge on any atom is -0.376 e. The first-order valence-corrected chi connectivity index (χ1v) is 11.9. The Morgan fingerprint density at radius 1 is 1.18 bits per heavy atom. The third kappa shape index (κ3) is 3.53. The lowest BCUT2D eigenvalue weighted by atomic mass is 9.97. The molecule has 1 aliphatic carbocycles. The Hall–Kier alpha value is -1.63. The van der Waals surface area contributed by atoms with Gasteiger partial charge in [-0.1, -0.05) is 42.1 Å². The highest BCUT2D eigenvalue weighted by atomic mass is 32.2. The first kappa shape index (κ1) is 18.4. The second kappa shape index (κ2) is 8.01. The van der Waals surface area contributed by atoms with E-state index >= 15 is 0 Å². The molecule has 0 spiro atoms. The summed E-state index contributed by atoms with van der Waals surface area (Å²) in [6.07, 6.45) is 6.73. The Balaban J connectivity index is 1.56. The third-order valence-electron chi connectivity index (χ3n) is 5.66. The van der Waals surface area contributed by atoms with Gasteiger partial charge in [0.05, 0.1) is 18.0 Å². The molecule has 0 unspecified atom stereocenters. The van der Waals surface area contributed by atoms with Crippen LogP contribution in [0.3, 0.4) is 0 Å². The summed E-state index contributed by atoms with van der Waals surface area (Å²) in [6, 6.07) is 10.4. The maximum atomic E-state index is 13.5. The zero-order chi connectivity index (χ0) is 18.9. The summed E-state index contributed by atoms with van der Waals surface area (Å²) in [6.45, 7) is 1.42. The van der Waals surface area contributed by atoms with Gasteiger partial charge in [0, 0.05) is 17.2 Å². The van der Waals surface area contributed by atoms with Gasteiger partial charge < -0.3 is 4.74 Å². The Labute approximate surface area is 172 Å². The fourth-order valence-electron chi connectivity index (χ4n) is 4.21. The second-order valence-corrected chi connectivity index (χ2v) is 9.64. The Morgan fingerprint density at radius 2 is 2.04 bits per heavy atom. The number of benzene rings is 1. The molecule has 5 rings (SSSR count). The van der Waals surface area contributed by atoms with Gasteiger partial charge in [0.1, 0.15) is 4.83 Å². The lowest BCUT2D eigenvalue weighted by molar-refractivity contribution is 0.0937. The van der Waals surface area contributed by atoms with Crippen LogP contribution >= 0.6 is 23.1 Å². The lowest BCUT2D eigenvalue weighted by Gasteiger charge is -2.16. The molecule has 2 aromatic heterocycles. The first-order chi connectivity index (χ1) is 13.8. The van der Waals surface area contributed by atoms with Crippen LogP contribution in [0.4, 0.5) is 0 Å². The van der Waals surface area contributed by atoms with Gasteiger partial charge in [0.15, 0.2) is 5.16 Å². The van der Waals surface area contributed by atoms with Gasteiger partial charge in [0.2, 0.25) is 0 Å². The molecule has 3 heterocycles. The molecule has 3 aromatic rings. The summed E-state index contributed by atoms with van der Waals surface area (Å²) in [5, 5.41) is 1.71. The minimum atomic E-state index is 0.127. The molecule has 6 heteroatoms. The number of hydrogen-bond acceptors (Lipinski definition) is 5. The molecule has 0 saturated carbocycles. The van der Waals surface area contributed by atoms with Crippen LogP contribution < -0.4 is 5.56 Å². The largest absolute Gasteiger partial charge is 0.376 e. The van der Waals surface area contributed by atoms with Gasteiger partial charge in [0.25, 0.3) is 5.56 Å². The molecule has 0 N–H and O–H groups in total. The number of hydrogen-bond donors (Lipinski definition) is 0. The summed E-state index contributed by atoms with van der Waals surface area (Å²) < 4.78 is 7.74. The van der Waals surface area contributed by atoms with Crippen molar-refractivity contribution in [1.82, 2.24) is 9.55 Å². The molecular formula is C22H24N2O2S2. The zero-order valence-corrected chi connectivity index (χ0v) is 17.5. The van der Waals surface area contributed by atoms with Crippen LogP contribution in [0, 0.1) is 0 Å². The highest BCUT2D eigenvalue weighted by Crippen LogP contribution is 2.35. The summed E-state index contributed by atoms with van der Waals surface area (Å²) in [4.78, 5) is 20.8. The van der Waals surface area contributed by atoms with E-state index in [0.29, 0.717) is 6.54 Å². The van der Waals surface area contributed by atoms with Crippen molar-refractivity contribution < 1.29 is 4.74 Å². The van der Waals surface area contributed by atoms with E-state index in [1.54, 1.807) is 23.1 Å². The summed E-state index contributed by atoms with van der Waals surface area (Å²) in [5.74, 6) is 0.815. The summed E-state index contributed by atoms with van der Waals surface area (Å²) in [5.41, 5.74) is 2.65. The molecule has 1 atom stereocenters. The van der Waals surface area contributed by atoms with Crippen molar-refractivity contribution in [2.45, 2.75) is 62.1 Å². The van der Waals surface area contributed by atoms with Crippen LogP contribution in [0.2, 0.25) is 0 Å². The Bertz CT molecular complexity index is 1040. The van der Waals surface area contributed by atoms with Crippen molar-refractivity contribution in [3.05, 3.63) is 56.7 Å². The van der Waals surface area contributed by atoms with Crippen LogP contribution in [-0.2, 0) is 29.9 Å². The number of aryl methyl sites for hydroxylation is 2. The highest BCUT2D eigenvalue weighted by molar-refractivity contribution is 7.98. The molecular weight excluding hydrogens is 388 g/mol. The van der Waals surface area contributed by atoms with Crippen molar-refractivity contribution >= 4 is 33.3 Å². The van der Waals surface area contributed by atoms with Gasteiger partial charge in [-0.15, -0.1) is 11.3 Å². The summed E-state index contributed by atoms with van der Waals surface area (Å²) in [7, 11) is 0. The molecule has 1 saturated heterocycles. The number of thioether (sulfide) groups is 1. The van der Waals surface area contributed by atoms with E-state index in [4.69, 9.17) is 9.72 Å². The zero-order valence-electron chi connectivity index (χ0n) is 15.9. The molecule has 2 aliphatic rings.